The van der Waals surface area contributed by atoms with E-state index in [1.165, 1.54) is 18.4 Å². The van der Waals surface area contributed by atoms with Gasteiger partial charge in [0.2, 0.25) is 0 Å². The molecular formula is C15H23NO3S. The van der Waals surface area contributed by atoms with Crippen LogP contribution in [0, 0.1) is 0 Å². The van der Waals surface area contributed by atoms with Crippen molar-refractivity contribution in [1.82, 2.24) is 4.90 Å². The minimum Gasteiger partial charge on any atom is -0.387 e. The molecule has 0 fully saturated rings. The average Bonchev–Trinajstić information content (AvgIpc) is 2.36. The summed E-state index contributed by atoms with van der Waals surface area (Å²) in [5.74, 6) is 0. The second-order valence-electron chi connectivity index (χ2n) is 5.14. The highest BCUT2D eigenvalue weighted by Gasteiger charge is 2.14. The summed E-state index contributed by atoms with van der Waals surface area (Å²) in [7, 11) is -3.19. The Labute approximate surface area is 121 Å². The van der Waals surface area contributed by atoms with Gasteiger partial charge in [-0.25, -0.2) is 8.42 Å². The first-order valence-electron chi connectivity index (χ1n) is 6.59. The van der Waals surface area contributed by atoms with Crippen molar-refractivity contribution in [2.24, 2.45) is 0 Å². The molecule has 0 bridgehead atoms. The Kier molecular flexibility index (Phi) is 5.92. The third-order valence-corrected chi connectivity index (χ3v) is 4.19. The lowest BCUT2D eigenvalue weighted by Crippen LogP contribution is -2.30. The van der Waals surface area contributed by atoms with Gasteiger partial charge >= 0.3 is 0 Å². The molecule has 0 saturated carbocycles. The topological polar surface area (TPSA) is 57.6 Å². The van der Waals surface area contributed by atoms with Crippen LogP contribution in [0.4, 0.5) is 0 Å². The fourth-order valence-electron chi connectivity index (χ4n) is 1.97. The maximum Gasteiger partial charge on any atom is 0.175 e. The molecular weight excluding hydrogens is 274 g/mol. The van der Waals surface area contributed by atoms with Gasteiger partial charge in [0.25, 0.3) is 0 Å². The molecule has 0 radical (unpaired) electrons. The molecule has 1 aromatic carbocycles. The molecule has 0 aliphatic rings. The Balaban J connectivity index is 2.77. The standard InChI is InChI=1S/C15H23NO3S/c1-5-16(10-12(2)3)11-15(17)13-6-8-14(9-7-13)20(4,18)19/h6-9,15,17H,2,5,10-11H2,1,3-4H3. The van der Waals surface area contributed by atoms with Crippen LogP contribution in [0.15, 0.2) is 41.3 Å². The lowest BCUT2D eigenvalue weighted by atomic mass is 10.1. The van der Waals surface area contributed by atoms with Gasteiger partial charge in [0.15, 0.2) is 9.84 Å². The fourth-order valence-corrected chi connectivity index (χ4v) is 2.60. The van der Waals surface area contributed by atoms with Crippen molar-refractivity contribution in [3.8, 4) is 0 Å². The predicted molar refractivity (Wildman–Crippen MR) is 81.4 cm³/mol. The minimum absolute atomic E-state index is 0.266. The number of hydrogen-bond acceptors (Lipinski definition) is 4. The van der Waals surface area contributed by atoms with E-state index in [-0.39, 0.29) is 4.90 Å². The van der Waals surface area contributed by atoms with Crippen molar-refractivity contribution in [1.29, 1.82) is 0 Å². The van der Waals surface area contributed by atoms with Gasteiger partial charge in [-0.1, -0.05) is 31.2 Å². The van der Waals surface area contributed by atoms with Gasteiger partial charge in [-0.2, -0.15) is 0 Å². The van der Waals surface area contributed by atoms with Crippen molar-refractivity contribution < 1.29 is 13.5 Å². The van der Waals surface area contributed by atoms with E-state index >= 15 is 0 Å². The number of likely N-dealkylation sites (N-methyl/N-ethyl adjacent to an activating group) is 1. The summed E-state index contributed by atoms with van der Waals surface area (Å²) in [6.07, 6.45) is 0.535. The summed E-state index contributed by atoms with van der Waals surface area (Å²) in [4.78, 5) is 2.36. The highest BCUT2D eigenvalue weighted by atomic mass is 32.2. The summed E-state index contributed by atoms with van der Waals surface area (Å²) < 4.78 is 22.8. The zero-order chi connectivity index (χ0) is 15.3. The molecule has 1 aromatic rings. The number of aliphatic hydroxyl groups excluding tert-OH is 1. The van der Waals surface area contributed by atoms with Crippen LogP contribution in [0.5, 0.6) is 0 Å². The molecule has 1 rings (SSSR count). The van der Waals surface area contributed by atoms with Crippen LogP contribution in [0.1, 0.15) is 25.5 Å². The first-order valence-corrected chi connectivity index (χ1v) is 8.48. The molecule has 0 saturated heterocycles. The molecule has 0 amide bonds. The van der Waals surface area contributed by atoms with Gasteiger partial charge in [-0.3, -0.25) is 4.90 Å². The van der Waals surface area contributed by atoms with E-state index in [0.29, 0.717) is 6.54 Å². The summed E-state index contributed by atoms with van der Waals surface area (Å²) in [6.45, 7) is 9.93. The Hall–Kier alpha value is -1.17. The molecule has 4 nitrogen and oxygen atoms in total. The SMILES string of the molecule is C=C(C)CN(CC)CC(O)c1ccc(S(C)(=O)=O)cc1. The first kappa shape index (κ1) is 16.9. The van der Waals surface area contributed by atoms with E-state index in [9.17, 15) is 13.5 Å². The maximum atomic E-state index is 11.4. The summed E-state index contributed by atoms with van der Waals surface area (Å²) in [5.41, 5.74) is 1.77. The van der Waals surface area contributed by atoms with Crippen LogP contribution in [0.2, 0.25) is 0 Å². The van der Waals surface area contributed by atoms with Crippen LogP contribution in [-0.2, 0) is 9.84 Å². The number of rotatable bonds is 7. The summed E-state index contributed by atoms with van der Waals surface area (Å²) in [6, 6.07) is 6.39. The van der Waals surface area contributed by atoms with Crippen molar-refractivity contribution >= 4 is 9.84 Å². The molecule has 0 heterocycles. The van der Waals surface area contributed by atoms with Crippen LogP contribution in [0.3, 0.4) is 0 Å². The number of benzene rings is 1. The second kappa shape index (κ2) is 7.02. The van der Waals surface area contributed by atoms with Crippen molar-refractivity contribution in [3.05, 3.63) is 42.0 Å². The number of nitrogens with zero attached hydrogens (tertiary/aromatic N) is 1. The smallest absolute Gasteiger partial charge is 0.175 e. The molecule has 1 atom stereocenters. The lowest BCUT2D eigenvalue weighted by molar-refractivity contribution is 0.121. The normalized spacial score (nSPS) is 13.4. The van der Waals surface area contributed by atoms with E-state index in [1.807, 2.05) is 13.8 Å². The third kappa shape index (κ3) is 5.07. The lowest BCUT2D eigenvalue weighted by Gasteiger charge is -2.24. The third-order valence-electron chi connectivity index (χ3n) is 3.06. The minimum atomic E-state index is -3.19. The zero-order valence-electron chi connectivity index (χ0n) is 12.3. The van der Waals surface area contributed by atoms with E-state index in [0.717, 1.165) is 24.2 Å². The van der Waals surface area contributed by atoms with Crippen molar-refractivity contribution in [2.45, 2.75) is 24.8 Å². The van der Waals surface area contributed by atoms with E-state index < -0.39 is 15.9 Å². The number of aliphatic hydroxyl groups is 1. The first-order chi connectivity index (χ1) is 9.24. The summed E-state index contributed by atoms with van der Waals surface area (Å²) in [5, 5.41) is 10.2. The largest absolute Gasteiger partial charge is 0.387 e. The van der Waals surface area contributed by atoms with Gasteiger partial charge in [0.1, 0.15) is 0 Å². The van der Waals surface area contributed by atoms with Gasteiger partial charge < -0.3 is 5.11 Å². The van der Waals surface area contributed by atoms with Crippen LogP contribution in [-0.4, -0.2) is 44.3 Å². The quantitative estimate of drug-likeness (QED) is 0.782. The van der Waals surface area contributed by atoms with Gasteiger partial charge in [0.05, 0.1) is 11.0 Å². The van der Waals surface area contributed by atoms with Crippen molar-refractivity contribution in [2.75, 3.05) is 25.9 Å². The average molecular weight is 297 g/mol. The van der Waals surface area contributed by atoms with Gasteiger partial charge in [0, 0.05) is 19.3 Å². The molecule has 1 N–H and O–H groups in total. The Morgan fingerprint density at radius 1 is 1.35 bits per heavy atom. The van der Waals surface area contributed by atoms with Gasteiger partial charge in [-0.05, 0) is 31.2 Å². The van der Waals surface area contributed by atoms with E-state index in [4.69, 9.17) is 0 Å². The van der Waals surface area contributed by atoms with Gasteiger partial charge in [-0.15, -0.1) is 0 Å². The predicted octanol–water partition coefficient (Wildman–Crippen LogP) is 2.02. The molecule has 0 aromatic heterocycles. The zero-order valence-corrected chi connectivity index (χ0v) is 13.2. The van der Waals surface area contributed by atoms with E-state index in [1.54, 1.807) is 12.1 Å². The Bertz CT molecular complexity index is 549. The second-order valence-corrected chi connectivity index (χ2v) is 7.16. The molecule has 20 heavy (non-hydrogen) atoms. The molecule has 1 unspecified atom stereocenters. The van der Waals surface area contributed by atoms with Crippen molar-refractivity contribution in [3.63, 3.8) is 0 Å². The summed E-state index contributed by atoms with van der Waals surface area (Å²) >= 11 is 0. The Morgan fingerprint density at radius 2 is 1.90 bits per heavy atom. The monoisotopic (exact) mass is 297 g/mol. The molecule has 5 heteroatoms. The number of hydrogen-bond donors (Lipinski definition) is 1. The van der Waals surface area contributed by atoms with Crippen LogP contribution in [0.25, 0.3) is 0 Å². The Morgan fingerprint density at radius 3 is 2.30 bits per heavy atom. The molecule has 0 aliphatic carbocycles. The highest BCUT2D eigenvalue weighted by molar-refractivity contribution is 7.90. The van der Waals surface area contributed by atoms with Crippen LogP contribution >= 0.6 is 0 Å². The molecule has 112 valence electrons. The maximum absolute atomic E-state index is 11.4. The number of sulfone groups is 1. The fraction of sp³-hybridized carbons (Fsp3) is 0.467. The molecule has 0 spiro atoms. The molecule has 0 aliphatic heterocycles. The van der Waals surface area contributed by atoms with Crippen LogP contribution < -0.4 is 0 Å². The van der Waals surface area contributed by atoms with E-state index in [2.05, 4.69) is 11.5 Å². The highest BCUT2D eigenvalue weighted by Crippen LogP contribution is 2.17.